The molecule has 1 saturated heterocycles. The first-order chi connectivity index (χ1) is 8.13. The average molecular weight is 239 g/mol. The first-order valence-corrected chi connectivity index (χ1v) is 5.90. The van der Waals surface area contributed by atoms with E-state index in [-0.39, 0.29) is 25.1 Å². The van der Waals surface area contributed by atoms with Crippen LogP contribution in [0.15, 0.2) is 12.7 Å². The molecule has 5 heteroatoms. The van der Waals surface area contributed by atoms with Crippen molar-refractivity contribution in [1.29, 1.82) is 0 Å². The number of aliphatic carboxylic acids is 1. The SMILES string of the molecule is C=CCOC(=O)N1C[C@@H](C(=O)O)[C@H]2CC[C@@H]1C2. The number of hydrogen-bond acceptors (Lipinski definition) is 3. The number of amides is 1. The molecule has 0 spiro atoms. The second kappa shape index (κ2) is 4.77. The van der Waals surface area contributed by atoms with Crippen LogP contribution in [-0.2, 0) is 9.53 Å². The van der Waals surface area contributed by atoms with E-state index in [4.69, 9.17) is 9.84 Å². The van der Waals surface area contributed by atoms with Gasteiger partial charge in [0.2, 0.25) is 0 Å². The molecule has 3 atom stereocenters. The van der Waals surface area contributed by atoms with Crippen LogP contribution in [0.2, 0.25) is 0 Å². The molecule has 1 amide bonds. The van der Waals surface area contributed by atoms with Crippen molar-refractivity contribution >= 4 is 12.1 Å². The van der Waals surface area contributed by atoms with Gasteiger partial charge in [0.05, 0.1) is 5.92 Å². The van der Waals surface area contributed by atoms with E-state index < -0.39 is 18.0 Å². The summed E-state index contributed by atoms with van der Waals surface area (Å²) in [5.41, 5.74) is 0. The molecule has 5 nitrogen and oxygen atoms in total. The lowest BCUT2D eigenvalue weighted by atomic mass is 9.87. The van der Waals surface area contributed by atoms with Crippen LogP contribution in [0.1, 0.15) is 19.3 Å². The number of ether oxygens (including phenoxy) is 1. The first kappa shape index (κ1) is 12.0. The lowest BCUT2D eigenvalue weighted by Gasteiger charge is -2.35. The molecule has 1 N–H and O–H groups in total. The van der Waals surface area contributed by atoms with Crippen LogP contribution in [0.3, 0.4) is 0 Å². The number of piperidine rings is 1. The zero-order chi connectivity index (χ0) is 12.4. The molecule has 1 heterocycles. The second-order valence-corrected chi connectivity index (χ2v) is 4.69. The molecule has 2 aliphatic rings. The van der Waals surface area contributed by atoms with Crippen LogP contribution < -0.4 is 0 Å². The lowest BCUT2D eigenvalue weighted by molar-refractivity contribution is -0.145. The number of rotatable bonds is 3. The van der Waals surface area contributed by atoms with Crippen LogP contribution in [0.4, 0.5) is 4.79 Å². The van der Waals surface area contributed by atoms with Crippen LogP contribution in [0.5, 0.6) is 0 Å². The number of nitrogens with zero attached hydrogens (tertiary/aromatic N) is 1. The Morgan fingerprint density at radius 2 is 2.24 bits per heavy atom. The van der Waals surface area contributed by atoms with Gasteiger partial charge in [0.25, 0.3) is 0 Å². The van der Waals surface area contributed by atoms with Gasteiger partial charge in [-0.2, -0.15) is 0 Å². The minimum atomic E-state index is -0.808. The largest absolute Gasteiger partial charge is 0.481 e. The van der Waals surface area contributed by atoms with Gasteiger partial charge in [-0.1, -0.05) is 12.7 Å². The predicted molar refractivity (Wildman–Crippen MR) is 60.5 cm³/mol. The first-order valence-electron chi connectivity index (χ1n) is 5.90. The van der Waals surface area contributed by atoms with Gasteiger partial charge in [-0.05, 0) is 25.2 Å². The van der Waals surface area contributed by atoms with E-state index in [0.717, 1.165) is 19.3 Å². The zero-order valence-corrected chi connectivity index (χ0v) is 9.67. The molecule has 1 aliphatic carbocycles. The Morgan fingerprint density at radius 1 is 1.47 bits per heavy atom. The maximum Gasteiger partial charge on any atom is 0.410 e. The Kier molecular flexibility index (Phi) is 3.36. The fourth-order valence-electron chi connectivity index (χ4n) is 2.87. The standard InChI is InChI=1S/C12H17NO4/c1-2-5-17-12(16)13-7-10(11(14)15)8-3-4-9(13)6-8/h2,8-10H,1,3-7H2,(H,14,15)/t8-,9+,10+/m0/s1. The highest BCUT2D eigenvalue weighted by Gasteiger charge is 2.45. The van der Waals surface area contributed by atoms with Gasteiger partial charge in [0.1, 0.15) is 6.61 Å². The topological polar surface area (TPSA) is 66.8 Å². The molecule has 0 radical (unpaired) electrons. The summed E-state index contributed by atoms with van der Waals surface area (Å²) in [6.07, 6.45) is 3.67. The Bertz CT molecular complexity index is 341. The van der Waals surface area contributed by atoms with Gasteiger partial charge in [0, 0.05) is 12.6 Å². The third kappa shape index (κ3) is 2.28. The summed E-state index contributed by atoms with van der Waals surface area (Å²) in [6, 6.07) is 0.160. The Hall–Kier alpha value is -1.52. The number of carboxylic acid groups (broad SMARTS) is 1. The Labute approximate surface area is 100 Å². The Morgan fingerprint density at radius 3 is 2.88 bits per heavy atom. The van der Waals surface area contributed by atoms with Crippen molar-refractivity contribution in [2.45, 2.75) is 25.3 Å². The molecular weight excluding hydrogens is 222 g/mol. The lowest BCUT2D eigenvalue weighted by Crippen LogP contribution is -2.48. The van der Waals surface area contributed by atoms with E-state index >= 15 is 0 Å². The van der Waals surface area contributed by atoms with E-state index in [1.807, 2.05) is 0 Å². The van der Waals surface area contributed by atoms with Gasteiger partial charge in [-0.3, -0.25) is 4.79 Å². The molecule has 17 heavy (non-hydrogen) atoms. The summed E-state index contributed by atoms with van der Waals surface area (Å²) in [6.45, 7) is 3.93. The Balaban J connectivity index is 2.04. The number of hydrogen-bond donors (Lipinski definition) is 1. The fraction of sp³-hybridized carbons (Fsp3) is 0.667. The summed E-state index contributed by atoms with van der Waals surface area (Å²) in [4.78, 5) is 24.5. The van der Waals surface area contributed by atoms with Crippen molar-refractivity contribution in [3.63, 3.8) is 0 Å². The van der Waals surface area contributed by atoms with E-state index in [1.165, 1.54) is 6.08 Å². The number of carboxylic acids is 1. The number of carbonyl (C=O) groups excluding carboxylic acids is 1. The van der Waals surface area contributed by atoms with Crippen molar-refractivity contribution in [3.05, 3.63) is 12.7 Å². The highest BCUT2D eigenvalue weighted by atomic mass is 16.6. The molecule has 0 unspecified atom stereocenters. The van der Waals surface area contributed by atoms with Crippen LogP contribution in [0.25, 0.3) is 0 Å². The maximum atomic E-state index is 11.8. The summed E-state index contributed by atoms with van der Waals surface area (Å²) < 4.78 is 4.99. The van der Waals surface area contributed by atoms with Crippen molar-refractivity contribution < 1.29 is 19.4 Å². The number of fused-ring (bicyclic) bond motifs is 2. The molecule has 0 aromatic heterocycles. The molecule has 1 saturated carbocycles. The third-order valence-corrected chi connectivity index (χ3v) is 3.73. The van der Waals surface area contributed by atoms with Crippen molar-refractivity contribution in [3.8, 4) is 0 Å². The predicted octanol–water partition coefficient (Wildman–Crippen LogP) is 1.49. The molecule has 2 fully saturated rings. The van der Waals surface area contributed by atoms with Crippen molar-refractivity contribution in [1.82, 2.24) is 4.90 Å². The molecule has 0 aromatic rings. The van der Waals surface area contributed by atoms with E-state index in [2.05, 4.69) is 6.58 Å². The second-order valence-electron chi connectivity index (χ2n) is 4.69. The quantitative estimate of drug-likeness (QED) is 0.758. The molecule has 94 valence electrons. The zero-order valence-electron chi connectivity index (χ0n) is 9.67. The molecular formula is C12H17NO4. The third-order valence-electron chi connectivity index (χ3n) is 3.73. The monoisotopic (exact) mass is 239 g/mol. The minimum Gasteiger partial charge on any atom is -0.481 e. The highest BCUT2D eigenvalue weighted by Crippen LogP contribution is 2.40. The van der Waals surface area contributed by atoms with Gasteiger partial charge < -0.3 is 14.7 Å². The van der Waals surface area contributed by atoms with Crippen molar-refractivity contribution in [2.24, 2.45) is 11.8 Å². The normalized spacial score (nSPS) is 31.1. The number of likely N-dealkylation sites (tertiary alicyclic amines) is 1. The van der Waals surface area contributed by atoms with Crippen LogP contribution >= 0.6 is 0 Å². The highest BCUT2D eigenvalue weighted by molar-refractivity contribution is 5.74. The summed E-state index contributed by atoms with van der Waals surface area (Å²) in [7, 11) is 0. The smallest absolute Gasteiger partial charge is 0.410 e. The molecule has 2 rings (SSSR count). The van der Waals surface area contributed by atoms with Crippen LogP contribution in [0, 0.1) is 11.8 Å². The fourth-order valence-corrected chi connectivity index (χ4v) is 2.87. The summed E-state index contributed by atoms with van der Waals surface area (Å²) in [5, 5.41) is 9.14. The summed E-state index contributed by atoms with van der Waals surface area (Å²) >= 11 is 0. The van der Waals surface area contributed by atoms with Gasteiger partial charge in [-0.15, -0.1) is 0 Å². The van der Waals surface area contributed by atoms with Gasteiger partial charge in [0.15, 0.2) is 0 Å². The molecule has 2 bridgehead atoms. The molecule has 1 aliphatic heterocycles. The average Bonchev–Trinajstić information content (AvgIpc) is 2.69. The van der Waals surface area contributed by atoms with E-state index in [0.29, 0.717) is 0 Å². The van der Waals surface area contributed by atoms with E-state index in [9.17, 15) is 9.59 Å². The van der Waals surface area contributed by atoms with Gasteiger partial charge >= 0.3 is 12.1 Å². The summed E-state index contributed by atoms with van der Waals surface area (Å²) in [5.74, 6) is -1.03. The maximum absolute atomic E-state index is 11.8. The minimum absolute atomic E-state index is 0.160. The van der Waals surface area contributed by atoms with Crippen LogP contribution in [-0.4, -0.2) is 41.3 Å². The number of carbonyl (C=O) groups is 2. The van der Waals surface area contributed by atoms with Gasteiger partial charge in [-0.25, -0.2) is 4.79 Å². The van der Waals surface area contributed by atoms with Crippen molar-refractivity contribution in [2.75, 3.05) is 13.2 Å². The van der Waals surface area contributed by atoms with E-state index in [1.54, 1.807) is 4.90 Å². The molecule has 0 aromatic carbocycles.